The SMILES string of the molecule is CC/C=C\C/C=C\C/C=C\C/C=C\C/C=C\CCCCCC(=O)OC[C@H](COP(=O)(O)O[C@H]1C(O)C(O)C(O)[C@@H](OP(=O)(O)O)C1O)OC(=O)CCC/C=C\C/C=C\C/C=C\C=C\C(=O)CCCCC. The maximum absolute atomic E-state index is 13.0. The van der Waals surface area contributed by atoms with Crippen molar-refractivity contribution in [2.24, 2.45) is 0 Å². The number of unbranched alkanes of at least 4 members (excludes halogenated alkanes) is 6. The largest absolute Gasteiger partial charge is 0.472 e. The molecule has 0 radical (unpaired) electrons. The van der Waals surface area contributed by atoms with Gasteiger partial charge >= 0.3 is 27.6 Å². The molecule has 0 amide bonds. The van der Waals surface area contributed by atoms with Gasteiger partial charge in [-0.2, -0.15) is 0 Å². The highest BCUT2D eigenvalue weighted by Gasteiger charge is 2.54. The molecule has 1 rings (SSSR count). The number of aliphatic hydroxyl groups excluding tert-OH is 4. The summed E-state index contributed by atoms with van der Waals surface area (Å²) >= 11 is 0. The van der Waals surface area contributed by atoms with Gasteiger partial charge in [0.25, 0.3) is 0 Å². The van der Waals surface area contributed by atoms with Gasteiger partial charge in [-0.3, -0.25) is 28.0 Å². The first-order valence-corrected chi connectivity index (χ1v) is 27.4. The highest BCUT2D eigenvalue weighted by Crippen LogP contribution is 2.49. The molecule has 396 valence electrons. The molecule has 1 saturated carbocycles. The highest BCUT2D eigenvalue weighted by molar-refractivity contribution is 7.47. The summed E-state index contributed by atoms with van der Waals surface area (Å²) in [5, 5.41) is 41.3. The highest BCUT2D eigenvalue weighted by atomic mass is 31.2. The van der Waals surface area contributed by atoms with Gasteiger partial charge in [-0.05, 0) is 89.5 Å². The van der Waals surface area contributed by atoms with E-state index < -0.39 is 83.5 Å². The summed E-state index contributed by atoms with van der Waals surface area (Å²) in [5.41, 5.74) is 0. The van der Waals surface area contributed by atoms with Gasteiger partial charge in [0.15, 0.2) is 11.9 Å². The summed E-state index contributed by atoms with van der Waals surface area (Å²) in [6, 6.07) is 0. The van der Waals surface area contributed by atoms with Gasteiger partial charge in [-0.1, -0.05) is 136 Å². The van der Waals surface area contributed by atoms with Crippen LogP contribution in [0.4, 0.5) is 0 Å². The molecule has 0 aromatic carbocycles. The van der Waals surface area contributed by atoms with Crippen molar-refractivity contribution in [2.75, 3.05) is 13.2 Å². The van der Waals surface area contributed by atoms with Gasteiger partial charge in [-0.15, -0.1) is 0 Å². The summed E-state index contributed by atoms with van der Waals surface area (Å²) in [6.07, 6.45) is 34.6. The number of aliphatic hydroxyl groups is 4. The van der Waals surface area contributed by atoms with Gasteiger partial charge in [0, 0.05) is 19.3 Å². The number of ether oxygens (including phenoxy) is 2. The van der Waals surface area contributed by atoms with Crippen LogP contribution in [0.25, 0.3) is 0 Å². The lowest BCUT2D eigenvalue weighted by Crippen LogP contribution is -2.64. The Morgan fingerprint density at radius 1 is 0.514 bits per heavy atom. The van der Waals surface area contributed by atoms with Crippen molar-refractivity contribution in [2.45, 2.75) is 179 Å². The van der Waals surface area contributed by atoms with Crippen LogP contribution in [0.3, 0.4) is 0 Å². The van der Waals surface area contributed by atoms with Gasteiger partial charge in [0.2, 0.25) is 0 Å². The van der Waals surface area contributed by atoms with Crippen LogP contribution in [0.5, 0.6) is 0 Å². The number of carbonyl (C=O) groups is 3. The van der Waals surface area contributed by atoms with Crippen LogP contribution in [0.15, 0.2) is 109 Å². The molecule has 0 spiro atoms. The van der Waals surface area contributed by atoms with Gasteiger partial charge in [0.1, 0.15) is 43.2 Å². The van der Waals surface area contributed by atoms with E-state index in [1.165, 1.54) is 0 Å². The number of phosphoric acid groups is 2. The molecular formula is C51H80O17P2. The second-order valence-electron chi connectivity index (χ2n) is 16.5. The van der Waals surface area contributed by atoms with E-state index >= 15 is 0 Å². The zero-order chi connectivity index (χ0) is 51.9. The van der Waals surface area contributed by atoms with Gasteiger partial charge in [0.05, 0.1) is 6.61 Å². The molecule has 8 atom stereocenters. The van der Waals surface area contributed by atoms with E-state index in [0.717, 1.165) is 70.6 Å². The van der Waals surface area contributed by atoms with Crippen molar-refractivity contribution in [1.29, 1.82) is 0 Å². The molecule has 0 aliphatic heterocycles. The zero-order valence-corrected chi connectivity index (χ0v) is 42.7. The smallest absolute Gasteiger partial charge is 0.462 e. The Kier molecular flexibility index (Phi) is 36.7. The minimum atomic E-state index is -5.39. The molecule has 0 saturated heterocycles. The van der Waals surface area contributed by atoms with Gasteiger partial charge in [-0.25, -0.2) is 9.13 Å². The molecule has 1 fully saturated rings. The van der Waals surface area contributed by atoms with Crippen LogP contribution in [0, 0.1) is 0 Å². The Bertz CT molecular complexity index is 1830. The summed E-state index contributed by atoms with van der Waals surface area (Å²) in [4.78, 5) is 66.1. The molecule has 70 heavy (non-hydrogen) atoms. The first kappa shape index (κ1) is 64.3. The summed E-state index contributed by atoms with van der Waals surface area (Å²) in [7, 11) is -10.7. The third-order valence-corrected chi connectivity index (χ3v) is 11.8. The number of ketones is 1. The summed E-state index contributed by atoms with van der Waals surface area (Å²) < 4.78 is 49.3. The van der Waals surface area contributed by atoms with Crippen LogP contribution in [0.1, 0.15) is 136 Å². The number of allylic oxidation sites excluding steroid dienone is 18. The molecule has 1 aliphatic carbocycles. The van der Waals surface area contributed by atoms with E-state index in [1.54, 1.807) is 12.2 Å². The topological polar surface area (TPSA) is 273 Å². The van der Waals surface area contributed by atoms with E-state index in [1.807, 2.05) is 36.5 Å². The van der Waals surface area contributed by atoms with Crippen molar-refractivity contribution >= 4 is 33.4 Å². The molecule has 0 aromatic rings. The minimum Gasteiger partial charge on any atom is -0.462 e. The molecule has 5 unspecified atom stereocenters. The fraction of sp³-hybridized carbons (Fsp3) is 0.588. The lowest BCUT2D eigenvalue weighted by Gasteiger charge is -2.43. The normalized spacial score (nSPS) is 21.8. The predicted octanol–water partition coefficient (Wildman–Crippen LogP) is 8.91. The van der Waals surface area contributed by atoms with Crippen LogP contribution < -0.4 is 0 Å². The molecule has 19 heteroatoms. The standard InChI is InChI=1S/C51H80O17P2/c1-3-5-7-8-9-10-11-12-13-14-15-16-17-18-21-24-27-30-34-38-44(53)64-40-43(41-65-70(62,63)68-51-48(57)46(55)47(56)50(49(51)58)67-69(59,60)61)66-45(54)39-35-31-28-25-22-19-20-23-26-29-33-37-42(52)36-32-6-4-2/h5,7,9-10,12-13,15-16,18-21,25-26,28-29,33,37,43,46-51,55-58H,3-4,6,8,11,14,17,22-24,27,30-32,34-36,38-41H2,1-2H3,(H,62,63)(H2,59,60,61)/b7-5-,10-9-,13-12-,16-15-,20-19-,21-18-,28-25-,29-26-,37-33+/t43-,46?,47?,48?,49?,50-,51+/m1/s1. The van der Waals surface area contributed by atoms with Crippen LogP contribution in [-0.2, 0) is 46.6 Å². The van der Waals surface area contributed by atoms with Crippen molar-refractivity contribution in [1.82, 2.24) is 0 Å². The summed E-state index contributed by atoms with van der Waals surface area (Å²) in [5.74, 6) is -1.24. The van der Waals surface area contributed by atoms with E-state index in [2.05, 4.69) is 79.1 Å². The molecule has 1 aliphatic rings. The first-order valence-electron chi connectivity index (χ1n) is 24.4. The number of hydrogen-bond donors (Lipinski definition) is 7. The van der Waals surface area contributed by atoms with Crippen molar-refractivity contribution < 1.29 is 81.7 Å². The van der Waals surface area contributed by atoms with Gasteiger partial charge < -0.3 is 44.6 Å². The number of rotatable bonds is 39. The van der Waals surface area contributed by atoms with Crippen molar-refractivity contribution in [3.05, 3.63) is 109 Å². The number of phosphoric ester groups is 2. The van der Waals surface area contributed by atoms with Crippen LogP contribution in [0.2, 0.25) is 0 Å². The van der Waals surface area contributed by atoms with Crippen LogP contribution in [-0.4, -0.2) is 109 Å². The average molecular weight is 1030 g/mol. The quantitative estimate of drug-likeness (QED) is 0.00756. The summed E-state index contributed by atoms with van der Waals surface area (Å²) in [6.45, 7) is 2.75. The Morgan fingerprint density at radius 3 is 1.57 bits per heavy atom. The molecule has 0 heterocycles. The van der Waals surface area contributed by atoms with E-state index in [4.69, 9.17) is 18.5 Å². The minimum absolute atomic E-state index is 0.0509. The molecule has 0 bridgehead atoms. The van der Waals surface area contributed by atoms with E-state index in [9.17, 15) is 58.6 Å². The average Bonchev–Trinajstić information content (AvgIpc) is 3.31. The van der Waals surface area contributed by atoms with Crippen molar-refractivity contribution in [3.8, 4) is 0 Å². The monoisotopic (exact) mass is 1030 g/mol. The Labute approximate surface area is 414 Å². The second kappa shape index (κ2) is 39.9. The fourth-order valence-corrected chi connectivity index (χ4v) is 8.07. The number of hydrogen-bond acceptors (Lipinski definition) is 14. The Morgan fingerprint density at radius 2 is 1.01 bits per heavy atom. The maximum Gasteiger partial charge on any atom is 0.472 e. The third kappa shape index (κ3) is 33.8. The van der Waals surface area contributed by atoms with E-state index in [-0.39, 0.29) is 18.6 Å². The molecular weight excluding hydrogens is 946 g/mol. The second-order valence-corrected chi connectivity index (χ2v) is 19.1. The molecule has 17 nitrogen and oxygen atoms in total. The molecule has 7 N–H and O–H groups in total. The Hall–Kier alpha value is -3.67. The fourth-order valence-electron chi connectivity index (χ4n) is 6.53. The van der Waals surface area contributed by atoms with Crippen LogP contribution >= 0.6 is 15.6 Å². The lowest BCUT2D eigenvalue weighted by molar-refractivity contribution is -0.216. The zero-order valence-electron chi connectivity index (χ0n) is 40.9. The lowest BCUT2D eigenvalue weighted by atomic mass is 9.85. The maximum atomic E-state index is 13.0. The van der Waals surface area contributed by atoms with E-state index in [0.29, 0.717) is 38.5 Å². The predicted molar refractivity (Wildman–Crippen MR) is 269 cm³/mol. The van der Waals surface area contributed by atoms with Crippen molar-refractivity contribution in [3.63, 3.8) is 0 Å². The number of carbonyl (C=O) groups excluding carboxylic acids is 3. The number of esters is 2. The molecule has 0 aromatic heterocycles. The third-order valence-electron chi connectivity index (χ3n) is 10.3. The Balaban J connectivity index is 2.66. The first-order chi connectivity index (χ1) is 33.5.